The average Bonchev–Trinajstić information content (AvgIpc) is 2.41. The summed E-state index contributed by atoms with van der Waals surface area (Å²) in [7, 11) is 0. The van der Waals surface area contributed by atoms with Crippen molar-refractivity contribution in [2.75, 3.05) is 0 Å². The van der Waals surface area contributed by atoms with Crippen molar-refractivity contribution in [2.24, 2.45) is 10.8 Å². The quantitative estimate of drug-likeness (QED) is 0.527. The van der Waals surface area contributed by atoms with E-state index in [2.05, 4.69) is 10.5 Å². The molecule has 1 radical (unpaired) electrons. The maximum atomic E-state index is 5.82. The third-order valence-electron chi connectivity index (χ3n) is 2.34. The standard InChI is InChI=1S/C14H14N3.Y/c15-14(13-9-5-2-6-10-13)17-16-11-12-7-3-1-4-8-12;/h1-10H,11H2,(H2,15,17);/q-1;. The number of hydrogen-bond acceptors (Lipinski definition) is 1. The van der Waals surface area contributed by atoms with Gasteiger partial charge in [-0.05, 0) is 0 Å². The Morgan fingerprint density at radius 3 is 2.11 bits per heavy atom. The molecule has 0 fully saturated rings. The number of nitrogens with two attached hydrogens (primary N) is 1. The van der Waals surface area contributed by atoms with Crippen molar-refractivity contribution in [1.29, 1.82) is 0 Å². The molecule has 0 heterocycles. The third kappa shape index (κ3) is 4.59. The first kappa shape index (κ1) is 14.9. The van der Waals surface area contributed by atoms with Crippen molar-refractivity contribution in [2.45, 2.75) is 6.54 Å². The van der Waals surface area contributed by atoms with Crippen LogP contribution in [0.15, 0.2) is 65.8 Å². The van der Waals surface area contributed by atoms with E-state index in [9.17, 15) is 0 Å². The van der Waals surface area contributed by atoms with E-state index in [1.54, 1.807) is 0 Å². The van der Waals surface area contributed by atoms with Crippen molar-refractivity contribution < 1.29 is 32.7 Å². The molecule has 18 heavy (non-hydrogen) atoms. The summed E-state index contributed by atoms with van der Waals surface area (Å²) in [5.74, 6) is 0.446. The molecule has 4 heteroatoms. The largest absolute Gasteiger partial charge is 0.597 e. The van der Waals surface area contributed by atoms with Crippen LogP contribution in [0.4, 0.5) is 0 Å². The monoisotopic (exact) mass is 313 g/mol. The second-order valence-electron chi connectivity index (χ2n) is 3.64. The van der Waals surface area contributed by atoms with Crippen LogP contribution in [0.1, 0.15) is 11.1 Å². The summed E-state index contributed by atoms with van der Waals surface area (Å²) in [5.41, 5.74) is 11.9. The van der Waals surface area contributed by atoms with E-state index in [0.29, 0.717) is 12.4 Å². The van der Waals surface area contributed by atoms with Gasteiger partial charge in [-0.15, -0.1) is 0 Å². The summed E-state index contributed by atoms with van der Waals surface area (Å²) < 4.78 is 0. The minimum Gasteiger partial charge on any atom is -0.597 e. The van der Waals surface area contributed by atoms with Crippen LogP contribution in [0.25, 0.3) is 5.43 Å². The average molecular weight is 313 g/mol. The van der Waals surface area contributed by atoms with Crippen molar-refractivity contribution in [3.8, 4) is 0 Å². The maximum absolute atomic E-state index is 5.82. The van der Waals surface area contributed by atoms with E-state index in [1.807, 2.05) is 60.7 Å². The molecule has 0 aliphatic carbocycles. The van der Waals surface area contributed by atoms with Crippen LogP contribution in [0.3, 0.4) is 0 Å². The first-order valence-corrected chi connectivity index (χ1v) is 5.45. The number of rotatable bonds is 4. The van der Waals surface area contributed by atoms with Crippen LogP contribution in [0.2, 0.25) is 0 Å². The first-order chi connectivity index (χ1) is 8.36. The summed E-state index contributed by atoms with van der Waals surface area (Å²) in [6.45, 7) is 0.550. The molecule has 0 spiro atoms. The zero-order chi connectivity index (χ0) is 11.9. The summed E-state index contributed by atoms with van der Waals surface area (Å²) in [5, 5.41) is 4.01. The van der Waals surface area contributed by atoms with Gasteiger partial charge in [-0.3, -0.25) is 0 Å². The van der Waals surface area contributed by atoms with Gasteiger partial charge in [0.05, 0.1) is 0 Å². The van der Waals surface area contributed by atoms with Gasteiger partial charge in [-0.25, -0.2) is 0 Å². The van der Waals surface area contributed by atoms with Crippen LogP contribution < -0.4 is 5.73 Å². The van der Waals surface area contributed by atoms with Crippen LogP contribution in [-0.4, -0.2) is 5.84 Å². The molecule has 2 N–H and O–H groups in total. The van der Waals surface area contributed by atoms with Crippen LogP contribution in [-0.2, 0) is 39.3 Å². The van der Waals surface area contributed by atoms with E-state index in [-0.39, 0.29) is 32.7 Å². The second kappa shape index (κ2) is 8.01. The summed E-state index contributed by atoms with van der Waals surface area (Å²) in [6, 6.07) is 19.6. The fourth-order valence-electron chi connectivity index (χ4n) is 1.44. The molecule has 0 bridgehead atoms. The molecule has 2 aromatic rings. The Balaban J connectivity index is 0.00000162. The van der Waals surface area contributed by atoms with Gasteiger partial charge in [0.15, 0.2) is 0 Å². The number of nitrogens with zero attached hydrogens (tertiary/aromatic N) is 2. The molecule has 0 aliphatic rings. The van der Waals surface area contributed by atoms with Gasteiger partial charge in [0.2, 0.25) is 0 Å². The van der Waals surface area contributed by atoms with E-state index in [1.165, 1.54) is 0 Å². The molecule has 89 valence electrons. The van der Waals surface area contributed by atoms with Gasteiger partial charge in [0.1, 0.15) is 5.84 Å². The van der Waals surface area contributed by atoms with Crippen molar-refractivity contribution in [1.82, 2.24) is 0 Å². The summed E-state index contributed by atoms with van der Waals surface area (Å²) in [6.07, 6.45) is 0. The maximum Gasteiger partial charge on any atom is 0.110 e. The molecule has 3 nitrogen and oxygen atoms in total. The van der Waals surface area contributed by atoms with Crippen molar-refractivity contribution in [3.63, 3.8) is 0 Å². The van der Waals surface area contributed by atoms with Crippen molar-refractivity contribution in [3.05, 3.63) is 77.2 Å². The number of hydrogen-bond donors (Lipinski definition) is 1. The normalized spacial score (nSPS) is 10.6. The van der Waals surface area contributed by atoms with E-state index in [4.69, 9.17) is 5.73 Å². The Morgan fingerprint density at radius 1 is 0.944 bits per heavy atom. The Morgan fingerprint density at radius 2 is 1.50 bits per heavy atom. The Bertz CT molecular complexity index is 483. The molecule has 2 rings (SSSR count). The molecular weight excluding hydrogens is 299 g/mol. The van der Waals surface area contributed by atoms with Gasteiger partial charge in [-0.1, -0.05) is 72.8 Å². The van der Waals surface area contributed by atoms with E-state index >= 15 is 0 Å². The zero-order valence-electron chi connectivity index (χ0n) is 10.0. The Kier molecular flexibility index (Phi) is 6.62. The minimum absolute atomic E-state index is 0. The molecule has 0 atom stereocenters. The molecule has 2 aromatic carbocycles. The van der Waals surface area contributed by atoms with E-state index < -0.39 is 0 Å². The Hall–Kier alpha value is -1.19. The minimum atomic E-state index is 0. The first-order valence-electron chi connectivity index (χ1n) is 5.45. The molecular formula is C14H14N3Y-. The topological polar surface area (TPSA) is 52.5 Å². The fourth-order valence-corrected chi connectivity index (χ4v) is 1.44. The van der Waals surface area contributed by atoms with Gasteiger partial charge < -0.3 is 16.3 Å². The summed E-state index contributed by atoms with van der Waals surface area (Å²) in [4.78, 5) is 0. The molecule has 0 aliphatic heterocycles. The smallest absolute Gasteiger partial charge is 0.110 e. The van der Waals surface area contributed by atoms with E-state index in [0.717, 1.165) is 11.1 Å². The van der Waals surface area contributed by atoms with Crippen LogP contribution in [0.5, 0.6) is 0 Å². The zero-order valence-corrected chi connectivity index (χ0v) is 12.9. The fraction of sp³-hybridized carbons (Fsp3) is 0.0714. The SMILES string of the molecule is N/C(=N\[N-]Cc1ccccc1)c1ccccc1.[Y]. The van der Waals surface area contributed by atoms with Crippen LogP contribution >= 0.6 is 0 Å². The van der Waals surface area contributed by atoms with Gasteiger partial charge >= 0.3 is 0 Å². The number of benzene rings is 2. The molecule has 0 aromatic heterocycles. The third-order valence-corrected chi connectivity index (χ3v) is 2.34. The van der Waals surface area contributed by atoms with Gasteiger partial charge in [0.25, 0.3) is 0 Å². The molecule has 0 unspecified atom stereocenters. The molecule has 0 amide bonds. The van der Waals surface area contributed by atoms with Gasteiger partial charge in [-0.2, -0.15) is 0 Å². The molecule has 0 saturated heterocycles. The summed E-state index contributed by atoms with van der Waals surface area (Å²) >= 11 is 0. The molecule has 0 saturated carbocycles. The second-order valence-corrected chi connectivity index (χ2v) is 3.64. The van der Waals surface area contributed by atoms with Gasteiger partial charge in [0, 0.05) is 38.3 Å². The predicted molar refractivity (Wildman–Crippen MR) is 70.7 cm³/mol. The van der Waals surface area contributed by atoms with Crippen molar-refractivity contribution >= 4 is 5.84 Å². The predicted octanol–water partition coefficient (Wildman–Crippen LogP) is 2.88. The number of amidine groups is 1. The van der Waals surface area contributed by atoms with Crippen LogP contribution in [0, 0.1) is 0 Å². The Labute approximate surface area is 132 Å².